The second kappa shape index (κ2) is 6.19. The minimum atomic E-state index is -0.103. The van der Waals surface area contributed by atoms with Crippen LogP contribution in [0.1, 0.15) is 31.4 Å². The second-order valence-electron chi connectivity index (χ2n) is 4.76. The minimum Gasteiger partial charge on any atom is -0.469 e. The van der Waals surface area contributed by atoms with Gasteiger partial charge in [-0.15, -0.1) is 0 Å². The number of ether oxygens (including phenoxy) is 1. The molecule has 0 atom stereocenters. The van der Waals surface area contributed by atoms with E-state index in [4.69, 9.17) is 10.00 Å². The van der Waals surface area contributed by atoms with E-state index in [0.717, 1.165) is 31.4 Å². The monoisotopic (exact) mass is 259 g/mol. The number of anilines is 1. The summed E-state index contributed by atoms with van der Waals surface area (Å²) in [5.41, 5.74) is 1.32. The molecule has 0 amide bonds. The van der Waals surface area contributed by atoms with E-state index in [1.54, 1.807) is 12.3 Å². The lowest BCUT2D eigenvalue weighted by atomic mass is 9.86. The zero-order chi connectivity index (χ0) is 13.7. The predicted octanol–water partition coefficient (Wildman–Crippen LogP) is 2.10. The third-order valence-electron chi connectivity index (χ3n) is 3.51. The molecule has 0 radical (unpaired) electrons. The van der Waals surface area contributed by atoms with Crippen LogP contribution in [0.3, 0.4) is 0 Å². The van der Waals surface area contributed by atoms with Crippen molar-refractivity contribution >= 4 is 11.7 Å². The first-order valence-corrected chi connectivity index (χ1v) is 6.43. The van der Waals surface area contributed by atoms with Crippen LogP contribution < -0.4 is 5.32 Å². The topological polar surface area (TPSA) is 75.0 Å². The summed E-state index contributed by atoms with van der Waals surface area (Å²) in [5.74, 6) is -0.0655. The second-order valence-corrected chi connectivity index (χ2v) is 4.76. The fourth-order valence-corrected chi connectivity index (χ4v) is 2.46. The average Bonchev–Trinajstić information content (AvgIpc) is 2.47. The molecule has 1 aliphatic rings. The van der Waals surface area contributed by atoms with Crippen LogP contribution in [-0.4, -0.2) is 24.1 Å². The van der Waals surface area contributed by atoms with Crippen molar-refractivity contribution in [2.24, 2.45) is 5.92 Å². The Kier molecular flexibility index (Phi) is 4.35. The van der Waals surface area contributed by atoms with E-state index in [-0.39, 0.29) is 11.9 Å². The van der Waals surface area contributed by atoms with Gasteiger partial charge in [0.2, 0.25) is 0 Å². The fourth-order valence-electron chi connectivity index (χ4n) is 2.46. The molecule has 2 rings (SSSR count). The molecule has 0 aliphatic heterocycles. The van der Waals surface area contributed by atoms with E-state index in [1.165, 1.54) is 7.11 Å². The number of rotatable bonds is 3. The molecule has 0 aromatic carbocycles. The van der Waals surface area contributed by atoms with Gasteiger partial charge in [0.1, 0.15) is 11.8 Å². The quantitative estimate of drug-likeness (QED) is 0.841. The van der Waals surface area contributed by atoms with E-state index >= 15 is 0 Å². The van der Waals surface area contributed by atoms with Crippen LogP contribution in [0.4, 0.5) is 5.69 Å². The number of esters is 1. The zero-order valence-electron chi connectivity index (χ0n) is 10.9. The summed E-state index contributed by atoms with van der Waals surface area (Å²) in [6.07, 6.45) is 5.19. The van der Waals surface area contributed by atoms with Gasteiger partial charge in [-0.2, -0.15) is 5.26 Å². The van der Waals surface area contributed by atoms with Crippen LogP contribution in [0, 0.1) is 17.2 Å². The SMILES string of the molecule is COC(=O)C1CCC(Nc2ccnc(C#N)c2)CC1. The van der Waals surface area contributed by atoms with Crippen molar-refractivity contribution < 1.29 is 9.53 Å². The van der Waals surface area contributed by atoms with Gasteiger partial charge in [0, 0.05) is 17.9 Å². The largest absolute Gasteiger partial charge is 0.469 e. The number of nitrogens with zero attached hydrogens (tertiary/aromatic N) is 2. The first-order valence-electron chi connectivity index (χ1n) is 6.43. The molecule has 5 heteroatoms. The van der Waals surface area contributed by atoms with Crippen molar-refractivity contribution in [2.75, 3.05) is 12.4 Å². The van der Waals surface area contributed by atoms with Gasteiger partial charge in [-0.25, -0.2) is 4.98 Å². The highest BCUT2D eigenvalue weighted by Crippen LogP contribution is 2.27. The molecule has 1 saturated carbocycles. The smallest absolute Gasteiger partial charge is 0.308 e. The molecular formula is C14H17N3O2. The van der Waals surface area contributed by atoms with Crippen molar-refractivity contribution in [3.8, 4) is 6.07 Å². The van der Waals surface area contributed by atoms with Gasteiger partial charge < -0.3 is 10.1 Å². The Hall–Kier alpha value is -2.09. The summed E-state index contributed by atoms with van der Waals surface area (Å²) in [5, 5.41) is 12.2. The van der Waals surface area contributed by atoms with E-state index in [9.17, 15) is 4.79 Å². The summed E-state index contributed by atoms with van der Waals surface area (Å²) in [4.78, 5) is 15.4. The van der Waals surface area contributed by atoms with E-state index in [2.05, 4.69) is 10.3 Å². The number of hydrogen-bond acceptors (Lipinski definition) is 5. The van der Waals surface area contributed by atoms with Crippen molar-refractivity contribution in [2.45, 2.75) is 31.7 Å². The Morgan fingerprint density at radius 3 is 2.84 bits per heavy atom. The van der Waals surface area contributed by atoms with Crippen LogP contribution in [0.5, 0.6) is 0 Å². The Bertz CT molecular complexity index is 488. The molecule has 0 spiro atoms. The zero-order valence-corrected chi connectivity index (χ0v) is 10.9. The maximum atomic E-state index is 11.4. The van der Waals surface area contributed by atoms with Crippen LogP contribution in [0.2, 0.25) is 0 Å². The number of hydrogen-bond donors (Lipinski definition) is 1. The molecule has 19 heavy (non-hydrogen) atoms. The molecule has 0 saturated heterocycles. The lowest BCUT2D eigenvalue weighted by molar-refractivity contribution is -0.146. The Morgan fingerprint density at radius 1 is 1.47 bits per heavy atom. The number of carbonyl (C=O) groups excluding carboxylic acids is 1. The van der Waals surface area contributed by atoms with Crippen molar-refractivity contribution in [1.82, 2.24) is 4.98 Å². The normalized spacial score (nSPS) is 22.3. The molecule has 1 heterocycles. The molecule has 1 fully saturated rings. The fraction of sp³-hybridized carbons (Fsp3) is 0.500. The van der Waals surface area contributed by atoms with Crippen LogP contribution in [0.25, 0.3) is 0 Å². The lowest BCUT2D eigenvalue weighted by Crippen LogP contribution is -2.29. The molecule has 100 valence electrons. The molecular weight excluding hydrogens is 242 g/mol. The number of nitriles is 1. The molecule has 1 aromatic heterocycles. The summed E-state index contributed by atoms with van der Waals surface area (Å²) in [6, 6.07) is 5.96. The van der Waals surface area contributed by atoms with Gasteiger partial charge in [0.25, 0.3) is 0 Å². The van der Waals surface area contributed by atoms with Crippen molar-refractivity contribution in [1.29, 1.82) is 5.26 Å². The van der Waals surface area contributed by atoms with E-state index < -0.39 is 0 Å². The number of pyridine rings is 1. The average molecular weight is 259 g/mol. The molecule has 1 aliphatic carbocycles. The summed E-state index contributed by atoms with van der Waals surface area (Å²) >= 11 is 0. The van der Waals surface area contributed by atoms with E-state index in [0.29, 0.717) is 11.7 Å². The molecule has 0 unspecified atom stereocenters. The van der Waals surface area contributed by atoms with Gasteiger partial charge in [-0.05, 0) is 37.8 Å². The first kappa shape index (κ1) is 13.3. The minimum absolute atomic E-state index is 0.0372. The standard InChI is InChI=1S/C14H17N3O2/c1-19-14(18)10-2-4-11(5-3-10)17-12-6-7-16-13(8-12)9-15/h6-8,10-11H,2-5H2,1H3,(H,16,17). The van der Waals surface area contributed by atoms with E-state index in [1.807, 2.05) is 12.1 Å². The van der Waals surface area contributed by atoms with Gasteiger partial charge in [-0.1, -0.05) is 0 Å². The van der Waals surface area contributed by atoms with Gasteiger partial charge in [0.05, 0.1) is 13.0 Å². The van der Waals surface area contributed by atoms with Crippen molar-refractivity contribution in [3.63, 3.8) is 0 Å². The van der Waals surface area contributed by atoms with Gasteiger partial charge in [-0.3, -0.25) is 4.79 Å². The number of aromatic nitrogens is 1. The predicted molar refractivity (Wildman–Crippen MR) is 70.3 cm³/mol. The number of methoxy groups -OCH3 is 1. The Morgan fingerprint density at radius 2 is 2.21 bits per heavy atom. The number of carbonyl (C=O) groups is 1. The van der Waals surface area contributed by atoms with Gasteiger partial charge >= 0.3 is 5.97 Å². The maximum absolute atomic E-state index is 11.4. The molecule has 5 nitrogen and oxygen atoms in total. The van der Waals surface area contributed by atoms with Crippen LogP contribution in [0.15, 0.2) is 18.3 Å². The van der Waals surface area contributed by atoms with Crippen LogP contribution >= 0.6 is 0 Å². The summed E-state index contributed by atoms with van der Waals surface area (Å²) < 4.78 is 4.77. The summed E-state index contributed by atoms with van der Waals surface area (Å²) in [6.45, 7) is 0. The number of nitrogens with one attached hydrogen (secondary N) is 1. The highest BCUT2D eigenvalue weighted by Gasteiger charge is 2.26. The highest BCUT2D eigenvalue weighted by atomic mass is 16.5. The third kappa shape index (κ3) is 3.44. The summed E-state index contributed by atoms with van der Waals surface area (Å²) in [7, 11) is 1.44. The molecule has 1 aromatic rings. The molecule has 1 N–H and O–H groups in total. The maximum Gasteiger partial charge on any atom is 0.308 e. The van der Waals surface area contributed by atoms with Crippen LogP contribution in [-0.2, 0) is 9.53 Å². The van der Waals surface area contributed by atoms with Gasteiger partial charge in [0.15, 0.2) is 0 Å². The third-order valence-corrected chi connectivity index (χ3v) is 3.51. The van der Waals surface area contributed by atoms with Crippen molar-refractivity contribution in [3.05, 3.63) is 24.0 Å². The highest BCUT2D eigenvalue weighted by molar-refractivity contribution is 5.72. The lowest BCUT2D eigenvalue weighted by Gasteiger charge is -2.28. The Balaban J connectivity index is 1.89. The Labute approximate surface area is 112 Å². The first-order chi connectivity index (χ1) is 9.22. The molecule has 0 bridgehead atoms.